The highest BCUT2D eigenvalue weighted by Gasteiger charge is 2.31. The van der Waals surface area contributed by atoms with E-state index in [2.05, 4.69) is 54.4 Å². The van der Waals surface area contributed by atoms with Crippen LogP contribution in [-0.2, 0) is 26.5 Å². The minimum Gasteiger partial charge on any atom is -0.484 e. The molecule has 3 amide bonds. The number of carbonyl (C=O) groups is 3. The molecule has 0 saturated carbocycles. The Bertz CT molecular complexity index is 3000. The van der Waals surface area contributed by atoms with Crippen LogP contribution in [-0.4, -0.2) is 97.9 Å². The molecule has 17 heteroatoms. The van der Waals surface area contributed by atoms with Crippen LogP contribution in [0, 0.1) is 0 Å². The van der Waals surface area contributed by atoms with Crippen molar-refractivity contribution < 1.29 is 28.6 Å². The number of benzene rings is 3. The third kappa shape index (κ3) is 9.05. The third-order valence-electron chi connectivity index (χ3n) is 11.9. The van der Waals surface area contributed by atoms with Crippen molar-refractivity contribution >= 4 is 67.8 Å². The predicted octanol–water partition coefficient (Wildman–Crippen LogP) is 5.26. The van der Waals surface area contributed by atoms with Crippen LogP contribution in [0.3, 0.4) is 0 Å². The first-order valence-electron chi connectivity index (χ1n) is 21.7. The lowest BCUT2D eigenvalue weighted by Crippen LogP contribution is -2.47. The number of imide groups is 1. The Labute approximate surface area is 373 Å². The minimum absolute atomic E-state index is 0.111. The number of amides is 3. The van der Waals surface area contributed by atoms with E-state index >= 15 is 0 Å². The van der Waals surface area contributed by atoms with Crippen molar-refractivity contribution in [2.45, 2.75) is 51.2 Å². The van der Waals surface area contributed by atoms with Gasteiger partial charge in [0.15, 0.2) is 18.1 Å². The van der Waals surface area contributed by atoms with Gasteiger partial charge in [-0.3, -0.25) is 29.4 Å². The largest absolute Gasteiger partial charge is 0.484 e. The number of aromatic nitrogens is 5. The number of carbonyl (C=O) groups excluding carboxylic acids is 3. The summed E-state index contributed by atoms with van der Waals surface area (Å²) in [7, 11) is 0. The number of nitrogens with zero attached hydrogens (tertiary/aromatic N) is 7. The second-order valence-corrected chi connectivity index (χ2v) is 16.9. The topological polar surface area (TPSA) is 202 Å². The fourth-order valence-electron chi connectivity index (χ4n) is 8.54. The molecule has 4 N–H and O–H groups in total. The summed E-state index contributed by atoms with van der Waals surface area (Å²) in [6, 6.07) is 22.7. The maximum Gasteiger partial charge on any atom is 0.278 e. The molecule has 2 aliphatic rings. The Morgan fingerprint density at radius 1 is 1.02 bits per heavy atom. The first-order chi connectivity index (χ1) is 31.4. The molecule has 3 aromatic carbocycles. The molecule has 1 unspecified atom stereocenters. The maximum absolute atomic E-state index is 13.4. The van der Waals surface area contributed by atoms with E-state index in [0.717, 1.165) is 72.2 Å². The summed E-state index contributed by atoms with van der Waals surface area (Å²) in [6.07, 6.45) is 6.27. The van der Waals surface area contributed by atoms with Crippen LogP contribution in [0.15, 0.2) is 107 Å². The number of piperazine rings is 1. The van der Waals surface area contributed by atoms with Gasteiger partial charge in [0, 0.05) is 67.7 Å². The van der Waals surface area contributed by atoms with Crippen LogP contribution in [0.1, 0.15) is 50.3 Å². The second-order valence-electron chi connectivity index (χ2n) is 16.9. The lowest BCUT2D eigenvalue weighted by atomic mass is 9.89. The Hall–Kier alpha value is -7.37. The molecule has 1 atom stereocenters. The first kappa shape index (κ1) is 42.9. The Balaban J connectivity index is 0.737. The number of hydrogen-bond donors (Lipinski definition) is 4. The molecule has 4 aromatic heterocycles. The van der Waals surface area contributed by atoms with Gasteiger partial charge in [0.05, 0.1) is 24.4 Å². The van der Waals surface area contributed by atoms with Gasteiger partial charge in [-0.25, -0.2) is 19.3 Å². The van der Waals surface area contributed by atoms with Crippen molar-refractivity contribution in [3.63, 3.8) is 0 Å². The standard InChI is InChI=1S/C48H50N10O7/c1-4-20-57-46(62)36-27-50-47(54-44(36)58(57)40-8-5-7-39(52-40)48(2,3)63)51-31-10-12-32(13-11-31)56-24-22-55(23-25-56)21-6-19-49-42(60)29-64-33-14-15-34-30(26-33)9-17-38-43(34)37(28-65-38)35-16-18-41(59)53-45(35)61/h4-5,7-15,17,26-28,35,63H,1,6,16,18-25,29H2,2-3H3,(H,49,60)(H,50,51,54)(H,53,59,61). The summed E-state index contributed by atoms with van der Waals surface area (Å²) in [5, 5.41) is 22.2. The van der Waals surface area contributed by atoms with Crippen molar-refractivity contribution in [3.05, 3.63) is 120 Å². The lowest BCUT2D eigenvalue weighted by Gasteiger charge is -2.36. The molecule has 334 valence electrons. The van der Waals surface area contributed by atoms with Gasteiger partial charge in [0.25, 0.3) is 11.5 Å². The summed E-state index contributed by atoms with van der Waals surface area (Å²) in [5.41, 5.74) is 2.68. The zero-order valence-electron chi connectivity index (χ0n) is 36.3. The summed E-state index contributed by atoms with van der Waals surface area (Å²) >= 11 is 0. The molecule has 7 aromatic rings. The van der Waals surface area contributed by atoms with E-state index in [0.29, 0.717) is 52.8 Å². The average molecular weight is 879 g/mol. The molecule has 6 heterocycles. The van der Waals surface area contributed by atoms with Gasteiger partial charge in [-0.05, 0) is 105 Å². The van der Waals surface area contributed by atoms with Gasteiger partial charge in [0.1, 0.15) is 22.3 Å². The Kier molecular flexibility index (Phi) is 11.9. The van der Waals surface area contributed by atoms with Crippen LogP contribution in [0.2, 0.25) is 0 Å². The number of rotatable bonds is 15. The van der Waals surface area contributed by atoms with Gasteiger partial charge < -0.3 is 29.8 Å². The van der Waals surface area contributed by atoms with Crippen LogP contribution in [0.4, 0.5) is 17.3 Å². The first-order valence-corrected chi connectivity index (χ1v) is 21.7. The summed E-state index contributed by atoms with van der Waals surface area (Å²) in [6.45, 7) is 12.2. The number of aliphatic hydroxyl groups is 1. The SMILES string of the molecule is C=CCn1c(=O)c2cnc(Nc3ccc(N4CCN(CCCNC(=O)COc5ccc6c(ccc7occ(C8CCC(=O)NC8=O)c76)c5)CC4)cc3)nc2n1-c1cccc(C(C)(C)O)n1. The fraction of sp³-hybridized carbons (Fsp3) is 0.312. The second kappa shape index (κ2) is 18.0. The Morgan fingerprint density at radius 2 is 1.83 bits per heavy atom. The smallest absolute Gasteiger partial charge is 0.278 e. The van der Waals surface area contributed by atoms with Gasteiger partial charge in [0.2, 0.25) is 17.8 Å². The van der Waals surface area contributed by atoms with Crippen molar-refractivity contribution in [1.82, 2.24) is 39.8 Å². The van der Waals surface area contributed by atoms with Crippen LogP contribution >= 0.6 is 0 Å². The average Bonchev–Trinajstić information content (AvgIpc) is 3.85. The number of pyridine rings is 1. The van der Waals surface area contributed by atoms with E-state index in [-0.39, 0.29) is 42.9 Å². The van der Waals surface area contributed by atoms with Crippen molar-refractivity contribution in [3.8, 4) is 11.6 Å². The van der Waals surface area contributed by atoms with Crippen molar-refractivity contribution in [1.29, 1.82) is 0 Å². The van der Waals surface area contributed by atoms with E-state index < -0.39 is 11.5 Å². The number of fused-ring (bicyclic) bond motifs is 4. The molecule has 0 spiro atoms. The summed E-state index contributed by atoms with van der Waals surface area (Å²) < 4.78 is 14.8. The normalized spacial score (nSPS) is 16.0. The molecule has 2 aliphatic heterocycles. The molecule has 17 nitrogen and oxygen atoms in total. The number of piperidine rings is 1. The molecule has 0 aliphatic carbocycles. The molecular weight excluding hydrogens is 829 g/mol. The highest BCUT2D eigenvalue weighted by Crippen LogP contribution is 2.38. The molecule has 2 fully saturated rings. The van der Waals surface area contributed by atoms with Gasteiger partial charge in [-0.1, -0.05) is 18.2 Å². The molecule has 65 heavy (non-hydrogen) atoms. The number of anilines is 3. The quantitative estimate of drug-likeness (QED) is 0.0591. The number of allylic oxidation sites excluding steroid dienone is 1. The van der Waals surface area contributed by atoms with Crippen molar-refractivity contribution in [2.75, 3.05) is 56.1 Å². The van der Waals surface area contributed by atoms with E-state index in [4.69, 9.17) is 14.1 Å². The lowest BCUT2D eigenvalue weighted by molar-refractivity contribution is -0.134. The van der Waals surface area contributed by atoms with Crippen LogP contribution in [0.5, 0.6) is 5.75 Å². The van der Waals surface area contributed by atoms with E-state index in [9.17, 15) is 24.3 Å². The number of furan rings is 1. The maximum atomic E-state index is 13.4. The number of ether oxygens (including phenoxy) is 1. The molecular formula is C48H50N10O7. The minimum atomic E-state index is -1.18. The van der Waals surface area contributed by atoms with Crippen LogP contribution < -0.4 is 31.1 Å². The number of hydrogen-bond acceptors (Lipinski definition) is 13. The summed E-state index contributed by atoms with van der Waals surface area (Å²) in [4.78, 5) is 69.0. The molecule has 2 saturated heterocycles. The van der Waals surface area contributed by atoms with Gasteiger partial charge >= 0.3 is 0 Å². The molecule has 9 rings (SSSR count). The zero-order chi connectivity index (χ0) is 45.2. The fourth-order valence-corrected chi connectivity index (χ4v) is 8.54. The number of nitrogens with one attached hydrogen (secondary N) is 3. The highest BCUT2D eigenvalue weighted by atomic mass is 16.5. The van der Waals surface area contributed by atoms with Crippen molar-refractivity contribution in [2.24, 2.45) is 0 Å². The van der Waals surface area contributed by atoms with E-state index in [1.54, 1.807) is 49.1 Å². The molecule has 0 radical (unpaired) electrons. The predicted molar refractivity (Wildman–Crippen MR) is 247 cm³/mol. The van der Waals surface area contributed by atoms with Gasteiger partial charge in [-0.2, -0.15) is 4.98 Å². The third-order valence-corrected chi connectivity index (χ3v) is 11.9. The van der Waals surface area contributed by atoms with E-state index in [1.807, 2.05) is 42.5 Å². The molecule has 0 bridgehead atoms. The Morgan fingerprint density at radius 3 is 2.60 bits per heavy atom. The van der Waals surface area contributed by atoms with Gasteiger partial charge in [-0.15, -0.1) is 6.58 Å². The summed E-state index contributed by atoms with van der Waals surface area (Å²) in [5.74, 6) is 0.0741. The van der Waals surface area contributed by atoms with E-state index in [1.165, 1.54) is 10.9 Å². The monoisotopic (exact) mass is 878 g/mol. The zero-order valence-corrected chi connectivity index (χ0v) is 36.3. The highest BCUT2D eigenvalue weighted by molar-refractivity contribution is 6.11. The van der Waals surface area contributed by atoms with Crippen LogP contribution in [0.25, 0.3) is 38.6 Å².